The number of nitrogens with zero attached hydrogens (tertiary/aromatic N) is 2. The van der Waals surface area contributed by atoms with Crippen LogP contribution < -0.4 is 20.1 Å². The third kappa shape index (κ3) is 4.26. The molecule has 0 aliphatic carbocycles. The van der Waals surface area contributed by atoms with Crippen LogP contribution in [-0.4, -0.2) is 66.2 Å². The monoisotopic (exact) mass is 442 g/mol. The van der Waals surface area contributed by atoms with Crippen LogP contribution in [0, 0.1) is 5.92 Å². The predicted molar refractivity (Wildman–Crippen MR) is 115 cm³/mol. The average Bonchev–Trinajstić information content (AvgIpc) is 3.37. The zero-order valence-electron chi connectivity index (χ0n) is 18.2. The second-order valence-corrected chi connectivity index (χ2v) is 9.12. The Labute approximate surface area is 187 Å². The molecule has 32 heavy (non-hydrogen) atoms. The number of fused-ring (bicyclic) bond motifs is 2. The highest BCUT2D eigenvalue weighted by Crippen LogP contribution is 2.33. The summed E-state index contributed by atoms with van der Waals surface area (Å²) in [7, 11) is 0. The fraction of sp³-hybridized carbons (Fsp3) is 0.609. The minimum Gasteiger partial charge on any atom is -0.454 e. The number of hydrogen-bond donors (Lipinski definition) is 2. The van der Waals surface area contributed by atoms with Crippen LogP contribution in [0.3, 0.4) is 0 Å². The van der Waals surface area contributed by atoms with Gasteiger partial charge < -0.3 is 25.0 Å². The van der Waals surface area contributed by atoms with Gasteiger partial charge in [0, 0.05) is 12.6 Å². The van der Waals surface area contributed by atoms with E-state index in [0.29, 0.717) is 30.0 Å². The summed E-state index contributed by atoms with van der Waals surface area (Å²) in [5.74, 6) is 1.14. The van der Waals surface area contributed by atoms with E-state index in [0.717, 1.165) is 30.0 Å². The maximum absolute atomic E-state index is 12.8. The number of carbonyl (C=O) groups is 3. The molecule has 1 aromatic rings. The molecule has 2 N–H and O–H groups in total. The Morgan fingerprint density at radius 3 is 2.84 bits per heavy atom. The molecule has 0 unspecified atom stereocenters. The second-order valence-electron chi connectivity index (χ2n) is 9.12. The second kappa shape index (κ2) is 8.97. The molecule has 4 amide bonds. The van der Waals surface area contributed by atoms with Crippen molar-refractivity contribution < 1.29 is 23.9 Å². The number of carbonyl (C=O) groups excluding carboxylic acids is 3. The zero-order chi connectivity index (χ0) is 22.1. The van der Waals surface area contributed by atoms with E-state index in [2.05, 4.69) is 15.5 Å². The van der Waals surface area contributed by atoms with Gasteiger partial charge in [-0.3, -0.25) is 14.5 Å². The third-order valence-corrected chi connectivity index (χ3v) is 7.06. The molecule has 3 atom stereocenters. The number of hydrogen-bond acceptors (Lipinski definition) is 6. The summed E-state index contributed by atoms with van der Waals surface area (Å²) >= 11 is 0. The zero-order valence-corrected chi connectivity index (χ0v) is 18.2. The maximum atomic E-state index is 12.8. The number of ether oxygens (including phenoxy) is 2. The van der Waals surface area contributed by atoms with E-state index in [-0.39, 0.29) is 31.6 Å². The van der Waals surface area contributed by atoms with Crippen molar-refractivity contribution in [1.29, 1.82) is 0 Å². The first-order valence-corrected chi connectivity index (χ1v) is 11.6. The molecule has 0 aromatic heterocycles. The standard InChI is InChI=1S/C23H30N4O5/c28-21(24-12-16-4-3-9-26-8-2-1-5-18(16)26)11-17-22(29)27(23(30)25-17)13-15-6-7-19-20(10-15)32-14-31-19/h6-7,10,16-18H,1-5,8-9,11-14H2,(H,24,28)(H,25,30)/t16-,17-,18+/m0/s1. The van der Waals surface area contributed by atoms with Gasteiger partial charge in [-0.25, -0.2) is 4.79 Å². The number of rotatable bonds is 6. The van der Waals surface area contributed by atoms with Crippen LogP contribution in [0.5, 0.6) is 11.5 Å². The number of piperidine rings is 2. The van der Waals surface area contributed by atoms with Gasteiger partial charge in [-0.1, -0.05) is 12.5 Å². The molecule has 1 aromatic carbocycles. The van der Waals surface area contributed by atoms with Gasteiger partial charge in [0.15, 0.2) is 11.5 Å². The van der Waals surface area contributed by atoms with Crippen molar-refractivity contribution in [3.63, 3.8) is 0 Å². The normalized spacial score (nSPS) is 27.2. The van der Waals surface area contributed by atoms with E-state index in [1.807, 2.05) is 0 Å². The first kappa shape index (κ1) is 21.1. The van der Waals surface area contributed by atoms with Crippen LogP contribution in [0.2, 0.25) is 0 Å². The Morgan fingerprint density at radius 2 is 1.94 bits per heavy atom. The van der Waals surface area contributed by atoms with Gasteiger partial charge in [-0.05, 0) is 62.4 Å². The maximum Gasteiger partial charge on any atom is 0.325 e. The lowest BCUT2D eigenvalue weighted by molar-refractivity contribution is -0.131. The lowest BCUT2D eigenvalue weighted by Gasteiger charge is -2.44. The SMILES string of the molecule is O=C(C[C@@H]1NC(=O)N(Cc2ccc3c(c2)OCO3)C1=O)NC[C@@H]1CCCN2CCCC[C@H]12. The average molecular weight is 443 g/mol. The topological polar surface area (TPSA) is 100 Å². The first-order valence-electron chi connectivity index (χ1n) is 11.6. The largest absolute Gasteiger partial charge is 0.454 e. The van der Waals surface area contributed by atoms with Crippen molar-refractivity contribution in [3.8, 4) is 11.5 Å². The highest BCUT2D eigenvalue weighted by Gasteiger charge is 2.39. The van der Waals surface area contributed by atoms with Crippen molar-refractivity contribution >= 4 is 17.8 Å². The molecule has 172 valence electrons. The molecule has 3 saturated heterocycles. The van der Waals surface area contributed by atoms with Crippen LogP contribution in [0.4, 0.5) is 4.79 Å². The molecular formula is C23H30N4O5. The molecule has 9 heteroatoms. The summed E-state index contributed by atoms with van der Waals surface area (Å²) in [6.07, 6.45) is 5.98. The van der Waals surface area contributed by atoms with Gasteiger partial charge in [0.25, 0.3) is 5.91 Å². The molecule has 4 heterocycles. The minimum absolute atomic E-state index is 0.0384. The highest BCUT2D eigenvalue weighted by molar-refractivity contribution is 6.05. The molecule has 0 saturated carbocycles. The van der Waals surface area contributed by atoms with E-state index < -0.39 is 12.1 Å². The number of urea groups is 1. The molecule has 4 aliphatic heterocycles. The lowest BCUT2D eigenvalue weighted by atomic mass is 9.83. The van der Waals surface area contributed by atoms with E-state index >= 15 is 0 Å². The van der Waals surface area contributed by atoms with Gasteiger partial charge in [-0.2, -0.15) is 0 Å². The predicted octanol–water partition coefficient (Wildman–Crippen LogP) is 1.61. The Bertz CT molecular complexity index is 904. The molecule has 5 rings (SSSR count). The Kier molecular flexibility index (Phi) is 5.91. The van der Waals surface area contributed by atoms with Gasteiger partial charge in [0.1, 0.15) is 6.04 Å². The van der Waals surface area contributed by atoms with Crippen molar-refractivity contribution in [1.82, 2.24) is 20.4 Å². The summed E-state index contributed by atoms with van der Waals surface area (Å²) in [4.78, 5) is 41.4. The number of benzene rings is 1. The summed E-state index contributed by atoms with van der Waals surface area (Å²) in [6, 6.07) is 4.58. The van der Waals surface area contributed by atoms with E-state index in [1.54, 1.807) is 18.2 Å². The summed E-state index contributed by atoms with van der Waals surface area (Å²) in [6.45, 7) is 3.25. The fourth-order valence-corrected chi connectivity index (χ4v) is 5.40. The van der Waals surface area contributed by atoms with Crippen LogP contribution >= 0.6 is 0 Å². The van der Waals surface area contributed by atoms with Crippen molar-refractivity contribution in [2.24, 2.45) is 5.92 Å². The summed E-state index contributed by atoms with van der Waals surface area (Å²) in [5.41, 5.74) is 0.761. The molecule has 9 nitrogen and oxygen atoms in total. The van der Waals surface area contributed by atoms with E-state index in [4.69, 9.17) is 9.47 Å². The van der Waals surface area contributed by atoms with Gasteiger partial charge >= 0.3 is 6.03 Å². The van der Waals surface area contributed by atoms with Crippen LogP contribution in [0.15, 0.2) is 18.2 Å². The fourth-order valence-electron chi connectivity index (χ4n) is 5.40. The number of amides is 4. The molecule has 0 radical (unpaired) electrons. The number of imide groups is 1. The van der Waals surface area contributed by atoms with Gasteiger partial charge in [0.2, 0.25) is 12.7 Å². The van der Waals surface area contributed by atoms with Crippen molar-refractivity contribution in [3.05, 3.63) is 23.8 Å². The smallest absolute Gasteiger partial charge is 0.325 e. The molecule has 3 fully saturated rings. The first-order chi connectivity index (χ1) is 15.6. The van der Waals surface area contributed by atoms with Crippen LogP contribution in [0.1, 0.15) is 44.1 Å². The van der Waals surface area contributed by atoms with E-state index in [9.17, 15) is 14.4 Å². The van der Waals surface area contributed by atoms with Crippen LogP contribution in [0.25, 0.3) is 0 Å². The quantitative estimate of drug-likeness (QED) is 0.650. The third-order valence-electron chi connectivity index (χ3n) is 7.06. The van der Waals surface area contributed by atoms with Crippen LogP contribution in [-0.2, 0) is 16.1 Å². The molecule has 0 bridgehead atoms. The Balaban J connectivity index is 1.13. The lowest BCUT2D eigenvalue weighted by Crippen LogP contribution is -2.51. The molecular weight excluding hydrogens is 412 g/mol. The van der Waals surface area contributed by atoms with Gasteiger partial charge in [0.05, 0.1) is 13.0 Å². The minimum atomic E-state index is -0.825. The number of nitrogens with one attached hydrogen (secondary N) is 2. The molecule has 0 spiro atoms. The Hall–Kier alpha value is -2.81. The highest BCUT2D eigenvalue weighted by atomic mass is 16.7. The molecule has 4 aliphatic rings. The van der Waals surface area contributed by atoms with Gasteiger partial charge in [-0.15, -0.1) is 0 Å². The van der Waals surface area contributed by atoms with E-state index in [1.165, 1.54) is 25.7 Å². The van der Waals surface area contributed by atoms with Crippen molar-refractivity contribution in [2.75, 3.05) is 26.4 Å². The Morgan fingerprint density at radius 1 is 1.09 bits per heavy atom. The van der Waals surface area contributed by atoms with Crippen molar-refractivity contribution in [2.45, 2.75) is 57.2 Å². The summed E-state index contributed by atoms with van der Waals surface area (Å²) < 4.78 is 10.7. The summed E-state index contributed by atoms with van der Waals surface area (Å²) in [5, 5.41) is 5.68.